The lowest BCUT2D eigenvalue weighted by molar-refractivity contribution is 0.0953. The molecule has 0 saturated heterocycles. The molecule has 6 nitrogen and oxygen atoms in total. The summed E-state index contributed by atoms with van der Waals surface area (Å²) in [6.45, 7) is 0. The number of nitrogens with one attached hydrogen (secondary N) is 2. The van der Waals surface area contributed by atoms with Crippen LogP contribution in [0.15, 0.2) is 46.9 Å². The summed E-state index contributed by atoms with van der Waals surface area (Å²) in [5.41, 5.74) is 1.35. The normalized spacial score (nSPS) is 10.9. The van der Waals surface area contributed by atoms with Gasteiger partial charge in [0.05, 0.1) is 22.3 Å². The Hall–Kier alpha value is -2.68. The molecule has 0 fully saturated rings. The second kappa shape index (κ2) is 7.15. The molecule has 4 aromatic rings. The molecule has 0 atom stereocenters. The van der Waals surface area contributed by atoms with Crippen molar-refractivity contribution in [3.8, 4) is 5.75 Å². The number of aromatic nitrogens is 1. The van der Waals surface area contributed by atoms with E-state index >= 15 is 0 Å². The third-order valence-electron chi connectivity index (χ3n) is 3.76. The van der Waals surface area contributed by atoms with Crippen LogP contribution >= 0.6 is 35.2 Å². The number of hydrogen-bond donors (Lipinski definition) is 2. The first-order valence-corrected chi connectivity index (χ1v) is 9.39. The Morgan fingerprint density at radius 3 is 2.89 bits per heavy atom. The van der Waals surface area contributed by atoms with Gasteiger partial charge in [-0.3, -0.25) is 10.1 Å². The summed E-state index contributed by atoms with van der Waals surface area (Å²) < 4.78 is 11.6. The number of fused-ring (bicyclic) bond motifs is 2. The number of thiazole rings is 1. The van der Waals surface area contributed by atoms with Crippen LogP contribution < -0.4 is 15.4 Å². The first-order chi connectivity index (χ1) is 13.0. The molecule has 1 amide bonds. The zero-order chi connectivity index (χ0) is 19.0. The fourth-order valence-corrected chi connectivity index (χ4v) is 3.90. The fraction of sp³-hybridized carbons (Fsp3) is 0.0556. The molecule has 27 heavy (non-hydrogen) atoms. The first kappa shape index (κ1) is 17.7. The number of furan rings is 1. The van der Waals surface area contributed by atoms with Crippen LogP contribution in [0.4, 0.5) is 5.13 Å². The topological polar surface area (TPSA) is 76.4 Å². The van der Waals surface area contributed by atoms with E-state index in [9.17, 15) is 4.79 Å². The van der Waals surface area contributed by atoms with Gasteiger partial charge in [-0.05, 0) is 30.4 Å². The summed E-state index contributed by atoms with van der Waals surface area (Å²) in [6.07, 6.45) is 0. The maximum absolute atomic E-state index is 12.3. The van der Waals surface area contributed by atoms with Crippen molar-refractivity contribution in [2.75, 3.05) is 12.4 Å². The van der Waals surface area contributed by atoms with Crippen LogP contribution in [-0.4, -0.2) is 23.1 Å². The van der Waals surface area contributed by atoms with Crippen LogP contribution in [0.2, 0.25) is 5.02 Å². The minimum absolute atomic E-state index is 0.123. The number of methoxy groups -OCH3 is 1. The fourth-order valence-electron chi connectivity index (χ4n) is 2.53. The molecule has 0 saturated carbocycles. The van der Waals surface area contributed by atoms with Crippen molar-refractivity contribution < 1.29 is 13.9 Å². The van der Waals surface area contributed by atoms with Crippen LogP contribution in [0.5, 0.6) is 5.75 Å². The lowest BCUT2D eigenvalue weighted by Gasteiger charge is -2.04. The largest absolute Gasteiger partial charge is 0.495 e. The van der Waals surface area contributed by atoms with Crippen LogP contribution in [0.25, 0.3) is 21.2 Å². The average Bonchev–Trinajstić information content (AvgIpc) is 3.23. The van der Waals surface area contributed by atoms with Crippen LogP contribution in [0.1, 0.15) is 10.6 Å². The van der Waals surface area contributed by atoms with Gasteiger partial charge in [-0.1, -0.05) is 41.1 Å². The van der Waals surface area contributed by atoms with Crippen LogP contribution in [-0.2, 0) is 0 Å². The van der Waals surface area contributed by atoms with Crippen molar-refractivity contribution >= 4 is 72.5 Å². The highest BCUT2D eigenvalue weighted by Crippen LogP contribution is 2.34. The molecule has 0 aliphatic carbocycles. The highest BCUT2D eigenvalue weighted by molar-refractivity contribution is 7.80. The van der Waals surface area contributed by atoms with E-state index in [1.165, 1.54) is 11.3 Å². The lowest BCUT2D eigenvalue weighted by atomic mass is 10.2. The van der Waals surface area contributed by atoms with E-state index in [1.54, 1.807) is 31.4 Å². The molecule has 0 aliphatic heterocycles. The Morgan fingerprint density at radius 1 is 1.30 bits per heavy atom. The number of nitrogens with zero attached hydrogens (tertiary/aromatic N) is 1. The average molecular weight is 418 g/mol. The molecular formula is C18H12ClN3O3S2. The van der Waals surface area contributed by atoms with Gasteiger partial charge in [0, 0.05) is 11.5 Å². The Labute approximate surface area is 168 Å². The van der Waals surface area contributed by atoms with Gasteiger partial charge in [-0.25, -0.2) is 4.98 Å². The van der Waals surface area contributed by atoms with Crippen molar-refractivity contribution in [3.05, 3.63) is 53.2 Å². The number of halogens is 1. The number of thiocarbonyl (C=S) groups is 1. The zero-order valence-corrected chi connectivity index (χ0v) is 16.3. The van der Waals surface area contributed by atoms with Crippen molar-refractivity contribution in [1.82, 2.24) is 10.3 Å². The number of carbonyl (C=O) groups excluding carboxylic acids is 1. The van der Waals surface area contributed by atoms with Gasteiger partial charge in [0.1, 0.15) is 11.3 Å². The van der Waals surface area contributed by atoms with E-state index in [0.717, 1.165) is 10.1 Å². The number of amides is 1. The standard InChI is InChI=1S/C18H12ClN3O3S2/c1-24-13-8-15-11(7-10(13)19)20-18(27-15)22-17(26)21-16(23)14-6-9-4-2-3-5-12(9)25-14/h2-8H,1H3,(H2,20,21,22,23,26). The van der Waals surface area contributed by atoms with Gasteiger partial charge in [-0.2, -0.15) is 0 Å². The molecule has 2 heterocycles. The van der Waals surface area contributed by atoms with Crippen molar-refractivity contribution in [2.24, 2.45) is 0 Å². The van der Waals surface area contributed by atoms with E-state index in [4.69, 9.17) is 33.0 Å². The van der Waals surface area contributed by atoms with Crippen molar-refractivity contribution in [3.63, 3.8) is 0 Å². The van der Waals surface area contributed by atoms with Gasteiger partial charge in [0.15, 0.2) is 16.0 Å². The number of carbonyl (C=O) groups is 1. The van der Waals surface area contributed by atoms with E-state index < -0.39 is 5.91 Å². The smallest absolute Gasteiger partial charge is 0.293 e. The van der Waals surface area contributed by atoms with E-state index in [1.807, 2.05) is 18.2 Å². The van der Waals surface area contributed by atoms with Gasteiger partial charge < -0.3 is 14.5 Å². The number of para-hydroxylation sites is 1. The van der Waals surface area contributed by atoms with Crippen LogP contribution in [0.3, 0.4) is 0 Å². The molecule has 136 valence electrons. The van der Waals surface area contributed by atoms with Gasteiger partial charge >= 0.3 is 0 Å². The summed E-state index contributed by atoms with van der Waals surface area (Å²) in [5.74, 6) is 0.316. The van der Waals surface area contributed by atoms with E-state index in [-0.39, 0.29) is 10.9 Å². The number of ether oxygens (including phenoxy) is 1. The molecule has 9 heteroatoms. The maximum atomic E-state index is 12.3. The Morgan fingerprint density at radius 2 is 2.11 bits per heavy atom. The van der Waals surface area contributed by atoms with E-state index in [0.29, 0.717) is 27.0 Å². The molecule has 0 radical (unpaired) electrons. The first-order valence-electron chi connectivity index (χ1n) is 7.78. The summed E-state index contributed by atoms with van der Waals surface area (Å²) >= 11 is 12.7. The number of rotatable bonds is 3. The van der Waals surface area contributed by atoms with Gasteiger partial charge in [0.25, 0.3) is 5.91 Å². The third kappa shape index (κ3) is 3.59. The predicted octanol–water partition coefficient (Wildman–Crippen LogP) is 4.83. The molecule has 0 unspecified atom stereocenters. The van der Waals surface area contributed by atoms with Gasteiger partial charge in [-0.15, -0.1) is 0 Å². The monoisotopic (exact) mass is 417 g/mol. The molecule has 2 aromatic carbocycles. The molecular weight excluding hydrogens is 406 g/mol. The minimum Gasteiger partial charge on any atom is -0.495 e. The second-order valence-electron chi connectivity index (χ2n) is 5.53. The second-order valence-corrected chi connectivity index (χ2v) is 7.38. The van der Waals surface area contributed by atoms with Crippen molar-refractivity contribution in [1.29, 1.82) is 0 Å². The summed E-state index contributed by atoms with van der Waals surface area (Å²) in [6, 6.07) is 12.6. The quantitative estimate of drug-likeness (QED) is 0.465. The van der Waals surface area contributed by atoms with E-state index in [2.05, 4.69) is 15.6 Å². The molecule has 2 aromatic heterocycles. The highest BCUT2D eigenvalue weighted by atomic mass is 35.5. The SMILES string of the molecule is COc1cc2sc(NC(=S)NC(=O)c3cc4ccccc4o3)nc2cc1Cl. The lowest BCUT2D eigenvalue weighted by Crippen LogP contribution is -2.33. The Kier molecular flexibility index (Phi) is 4.69. The molecule has 0 bridgehead atoms. The Bertz CT molecular complexity index is 1150. The Balaban J connectivity index is 1.48. The molecule has 4 rings (SSSR count). The molecule has 2 N–H and O–H groups in total. The zero-order valence-electron chi connectivity index (χ0n) is 13.9. The van der Waals surface area contributed by atoms with Crippen LogP contribution in [0, 0.1) is 0 Å². The minimum atomic E-state index is -0.436. The maximum Gasteiger partial charge on any atom is 0.293 e. The number of anilines is 1. The number of hydrogen-bond acceptors (Lipinski definition) is 6. The summed E-state index contributed by atoms with van der Waals surface area (Å²) in [4.78, 5) is 16.7. The summed E-state index contributed by atoms with van der Waals surface area (Å²) in [5, 5.41) is 7.47. The number of benzene rings is 2. The summed E-state index contributed by atoms with van der Waals surface area (Å²) in [7, 11) is 1.55. The highest BCUT2D eigenvalue weighted by Gasteiger charge is 2.15. The molecule has 0 spiro atoms. The third-order valence-corrected chi connectivity index (χ3v) is 5.19. The predicted molar refractivity (Wildman–Crippen MR) is 111 cm³/mol. The van der Waals surface area contributed by atoms with Gasteiger partial charge in [0.2, 0.25) is 0 Å². The van der Waals surface area contributed by atoms with Crippen molar-refractivity contribution in [2.45, 2.75) is 0 Å². The molecule has 0 aliphatic rings.